The van der Waals surface area contributed by atoms with Crippen LogP contribution in [-0.4, -0.2) is 37.6 Å². The monoisotopic (exact) mass is 480 g/mol. The molecule has 2 aromatic rings. The van der Waals surface area contributed by atoms with E-state index in [9.17, 15) is 0 Å². The zero-order chi connectivity index (χ0) is 25.1. The van der Waals surface area contributed by atoms with Crippen molar-refractivity contribution in [3.63, 3.8) is 0 Å². The van der Waals surface area contributed by atoms with E-state index in [1.165, 1.54) is 5.56 Å². The van der Waals surface area contributed by atoms with Crippen molar-refractivity contribution in [3.05, 3.63) is 90.7 Å². The van der Waals surface area contributed by atoms with E-state index in [1.54, 1.807) is 7.11 Å². The van der Waals surface area contributed by atoms with Crippen molar-refractivity contribution in [1.82, 2.24) is 0 Å². The maximum atomic E-state index is 6.53. The van der Waals surface area contributed by atoms with Gasteiger partial charge in [0.1, 0.15) is 18.0 Å². The van der Waals surface area contributed by atoms with Gasteiger partial charge in [-0.1, -0.05) is 55.1 Å². The molecular weight excluding hydrogens is 440 g/mol. The molecule has 0 amide bonds. The maximum absolute atomic E-state index is 6.53. The smallest absolute Gasteiger partial charge is 0.158 e. The van der Waals surface area contributed by atoms with Gasteiger partial charge >= 0.3 is 0 Å². The normalized spacial score (nSPS) is 24.0. The van der Waals surface area contributed by atoms with Crippen LogP contribution in [0.1, 0.15) is 50.7 Å². The van der Waals surface area contributed by atoms with E-state index < -0.39 is 5.60 Å². The number of ether oxygens (including phenoxy) is 5. The molecule has 0 spiro atoms. The molecule has 2 aromatic carbocycles. The van der Waals surface area contributed by atoms with Crippen molar-refractivity contribution in [2.75, 3.05) is 13.7 Å². The molecule has 1 heterocycles. The van der Waals surface area contributed by atoms with Gasteiger partial charge in [-0.25, -0.2) is 0 Å². The first kappa shape index (κ1) is 27.0. The first-order valence-electron chi connectivity index (χ1n) is 12.4. The number of methoxy groups -OCH3 is 1. The Bertz CT molecular complexity index is 910. The van der Waals surface area contributed by atoms with Crippen molar-refractivity contribution in [3.8, 4) is 5.75 Å². The molecule has 0 radical (unpaired) electrons. The van der Waals surface area contributed by atoms with Gasteiger partial charge in [0.15, 0.2) is 5.60 Å². The zero-order valence-corrected chi connectivity index (χ0v) is 21.4. The van der Waals surface area contributed by atoms with E-state index in [2.05, 4.69) is 32.2 Å². The van der Waals surface area contributed by atoms with E-state index in [-0.39, 0.29) is 18.3 Å². The lowest BCUT2D eigenvalue weighted by Crippen LogP contribution is -2.59. The van der Waals surface area contributed by atoms with Gasteiger partial charge in [-0.3, -0.25) is 0 Å². The van der Waals surface area contributed by atoms with Crippen molar-refractivity contribution in [1.29, 1.82) is 0 Å². The van der Waals surface area contributed by atoms with Crippen LogP contribution in [0.4, 0.5) is 0 Å². The predicted octanol–water partition coefficient (Wildman–Crippen LogP) is 6.62. The SMILES string of the molecule is C=CC[C@H]1O[C@@H](CCCOCc2ccccc2)C[C@@H](OCc2ccc(OC)cc2)[C@]1(C)OC(=C)C. The van der Waals surface area contributed by atoms with E-state index in [0.29, 0.717) is 32.0 Å². The van der Waals surface area contributed by atoms with Crippen LogP contribution in [0.3, 0.4) is 0 Å². The molecule has 0 aliphatic carbocycles. The molecule has 35 heavy (non-hydrogen) atoms. The van der Waals surface area contributed by atoms with Crippen LogP contribution in [0.15, 0.2) is 79.6 Å². The maximum Gasteiger partial charge on any atom is 0.158 e. The van der Waals surface area contributed by atoms with Gasteiger partial charge < -0.3 is 23.7 Å². The molecule has 5 nitrogen and oxygen atoms in total. The van der Waals surface area contributed by atoms with E-state index in [4.69, 9.17) is 23.7 Å². The summed E-state index contributed by atoms with van der Waals surface area (Å²) in [6.07, 6.45) is 4.84. The van der Waals surface area contributed by atoms with Gasteiger partial charge in [-0.05, 0) is 56.4 Å². The molecule has 4 atom stereocenters. The fourth-order valence-corrected chi connectivity index (χ4v) is 4.57. The van der Waals surface area contributed by atoms with Crippen LogP contribution in [0, 0.1) is 0 Å². The Kier molecular flexibility index (Phi) is 10.4. The van der Waals surface area contributed by atoms with Gasteiger partial charge in [0.25, 0.3) is 0 Å². The summed E-state index contributed by atoms with van der Waals surface area (Å²) >= 11 is 0. The van der Waals surface area contributed by atoms with Crippen LogP contribution >= 0.6 is 0 Å². The molecule has 190 valence electrons. The van der Waals surface area contributed by atoms with Gasteiger partial charge in [0.2, 0.25) is 0 Å². The minimum absolute atomic E-state index is 0.0583. The highest BCUT2D eigenvalue weighted by Crippen LogP contribution is 2.39. The summed E-state index contributed by atoms with van der Waals surface area (Å²) in [7, 11) is 1.67. The first-order chi connectivity index (χ1) is 16.9. The lowest BCUT2D eigenvalue weighted by molar-refractivity contribution is -0.241. The Morgan fingerprint density at radius 3 is 2.46 bits per heavy atom. The summed E-state index contributed by atoms with van der Waals surface area (Å²) < 4.78 is 30.5. The summed E-state index contributed by atoms with van der Waals surface area (Å²) in [6, 6.07) is 18.2. The molecule has 1 fully saturated rings. The predicted molar refractivity (Wildman–Crippen MR) is 139 cm³/mol. The van der Waals surface area contributed by atoms with Crippen molar-refractivity contribution in [2.45, 2.75) is 76.7 Å². The minimum Gasteiger partial charge on any atom is -0.497 e. The Balaban J connectivity index is 1.62. The Labute approximate surface area is 210 Å². The molecule has 0 saturated carbocycles. The van der Waals surface area contributed by atoms with Crippen molar-refractivity contribution in [2.24, 2.45) is 0 Å². The molecule has 3 rings (SSSR count). The molecule has 0 N–H and O–H groups in total. The van der Waals surface area contributed by atoms with E-state index in [0.717, 1.165) is 30.6 Å². The fraction of sp³-hybridized carbons (Fsp3) is 0.467. The molecule has 5 heteroatoms. The second kappa shape index (κ2) is 13.5. The summed E-state index contributed by atoms with van der Waals surface area (Å²) in [5.74, 6) is 1.48. The van der Waals surface area contributed by atoms with Crippen LogP contribution in [0.5, 0.6) is 5.75 Å². The summed E-state index contributed by atoms with van der Waals surface area (Å²) in [5.41, 5.74) is 1.61. The summed E-state index contributed by atoms with van der Waals surface area (Å²) in [5, 5.41) is 0. The standard InChI is InChI=1S/C30H40O5/c1-6-11-28-30(4,35-23(2)3)29(33-22-25-15-17-26(31-5)18-16-25)20-27(34-28)14-10-19-32-21-24-12-8-7-9-13-24/h6-9,12-13,15-18,27-29H,1-2,10-11,14,19-22H2,3-5H3/t27-,28+,29+,30+/m0/s1. The Morgan fingerprint density at radius 2 is 1.80 bits per heavy atom. The highest BCUT2D eigenvalue weighted by atomic mass is 16.6. The number of allylic oxidation sites excluding steroid dienone is 1. The van der Waals surface area contributed by atoms with E-state index in [1.807, 2.05) is 55.5 Å². The number of hydrogen-bond acceptors (Lipinski definition) is 5. The van der Waals surface area contributed by atoms with Crippen LogP contribution in [0.2, 0.25) is 0 Å². The third-order valence-corrected chi connectivity index (χ3v) is 6.42. The Hall–Kier alpha value is -2.60. The zero-order valence-electron chi connectivity index (χ0n) is 21.4. The van der Waals surface area contributed by atoms with Crippen LogP contribution < -0.4 is 4.74 Å². The number of hydrogen-bond donors (Lipinski definition) is 0. The molecular formula is C30H40O5. The van der Waals surface area contributed by atoms with Gasteiger partial charge in [-0.2, -0.15) is 0 Å². The Morgan fingerprint density at radius 1 is 1.09 bits per heavy atom. The highest BCUT2D eigenvalue weighted by molar-refractivity contribution is 5.26. The highest BCUT2D eigenvalue weighted by Gasteiger charge is 2.50. The lowest BCUT2D eigenvalue weighted by atomic mass is 9.82. The van der Waals surface area contributed by atoms with Gasteiger partial charge in [0.05, 0.1) is 32.2 Å². The molecule has 0 bridgehead atoms. The van der Waals surface area contributed by atoms with Crippen molar-refractivity contribution >= 4 is 0 Å². The first-order valence-corrected chi connectivity index (χ1v) is 12.4. The van der Waals surface area contributed by atoms with Crippen LogP contribution in [-0.2, 0) is 32.2 Å². The fourth-order valence-electron chi connectivity index (χ4n) is 4.57. The summed E-state index contributed by atoms with van der Waals surface area (Å²) in [6.45, 7) is 13.7. The quantitative estimate of drug-likeness (QED) is 0.173. The average Bonchev–Trinajstić information content (AvgIpc) is 2.85. The third-order valence-electron chi connectivity index (χ3n) is 6.42. The largest absolute Gasteiger partial charge is 0.497 e. The van der Waals surface area contributed by atoms with Gasteiger partial charge in [0, 0.05) is 13.0 Å². The second-order valence-electron chi connectivity index (χ2n) is 9.32. The van der Waals surface area contributed by atoms with Gasteiger partial charge in [-0.15, -0.1) is 6.58 Å². The average molecular weight is 481 g/mol. The summed E-state index contributed by atoms with van der Waals surface area (Å²) in [4.78, 5) is 0. The minimum atomic E-state index is -0.660. The van der Waals surface area contributed by atoms with Crippen LogP contribution in [0.25, 0.3) is 0 Å². The lowest BCUT2D eigenvalue weighted by Gasteiger charge is -2.49. The third kappa shape index (κ3) is 7.96. The van der Waals surface area contributed by atoms with Crippen molar-refractivity contribution < 1.29 is 23.7 Å². The molecule has 0 unspecified atom stereocenters. The second-order valence-corrected chi connectivity index (χ2v) is 9.32. The topological polar surface area (TPSA) is 46.2 Å². The molecule has 0 aromatic heterocycles. The number of benzene rings is 2. The molecule has 1 aliphatic rings. The van der Waals surface area contributed by atoms with E-state index >= 15 is 0 Å². The molecule has 1 aliphatic heterocycles. The number of rotatable bonds is 14. The molecule has 1 saturated heterocycles.